The summed E-state index contributed by atoms with van der Waals surface area (Å²) < 4.78 is 49.7. The second-order valence-electron chi connectivity index (χ2n) is 2.74. The lowest BCUT2D eigenvalue weighted by Gasteiger charge is -2.11. The molecule has 8 heteroatoms. The molecule has 16 heavy (non-hydrogen) atoms. The van der Waals surface area contributed by atoms with Crippen molar-refractivity contribution in [1.82, 2.24) is 0 Å². The van der Waals surface area contributed by atoms with Crippen molar-refractivity contribution >= 4 is 16.8 Å². The fraction of sp³-hybridized carbons (Fsp3) is 0.125. The first-order chi connectivity index (χ1) is 7.27. The first-order valence-corrected chi connectivity index (χ1v) is 4.12. The number of aromatic hydroxyl groups is 1. The van der Waals surface area contributed by atoms with Gasteiger partial charge in [0.05, 0.1) is 5.56 Å². The molecule has 0 aliphatic rings. The van der Waals surface area contributed by atoms with Crippen LogP contribution in [0.4, 0.5) is 17.6 Å². The Kier molecular flexibility index (Phi) is 3.27. The largest absolute Gasteiger partial charge is 0.507 e. The number of hydrogen-bond acceptors (Lipinski definition) is 3. The summed E-state index contributed by atoms with van der Waals surface area (Å²) in [6.07, 6.45) is -4.94. The number of benzene rings is 1. The molecule has 0 unspecified atom stereocenters. The van der Waals surface area contributed by atoms with Crippen molar-refractivity contribution in [3.05, 3.63) is 29.1 Å². The molecule has 0 aliphatic carbocycles. The third-order valence-electron chi connectivity index (χ3n) is 1.69. The van der Waals surface area contributed by atoms with Crippen LogP contribution in [0.25, 0.3) is 0 Å². The van der Waals surface area contributed by atoms with Crippen molar-refractivity contribution in [2.75, 3.05) is 0 Å². The normalized spacial score (nSPS) is 12.9. The summed E-state index contributed by atoms with van der Waals surface area (Å²) in [4.78, 5) is 0. The summed E-state index contributed by atoms with van der Waals surface area (Å²) in [6.45, 7) is 0. The molecule has 0 atom stereocenters. The Balaban J connectivity index is 3.50. The number of rotatable bonds is 1. The van der Waals surface area contributed by atoms with Crippen LogP contribution in [0.5, 0.6) is 5.75 Å². The maximum Gasteiger partial charge on any atom is 0.420 e. The highest BCUT2D eigenvalue weighted by atomic mass is 35.5. The molecule has 0 saturated heterocycles. The van der Waals surface area contributed by atoms with Gasteiger partial charge in [-0.3, -0.25) is 0 Å². The number of nitrogens with zero attached hydrogens (tertiary/aromatic N) is 1. The zero-order chi connectivity index (χ0) is 12.5. The van der Waals surface area contributed by atoms with E-state index in [0.29, 0.717) is 6.07 Å². The predicted molar refractivity (Wildman–Crippen MR) is 47.2 cm³/mol. The summed E-state index contributed by atoms with van der Waals surface area (Å²) in [5.74, 6) is -2.56. The minimum Gasteiger partial charge on any atom is -0.507 e. The van der Waals surface area contributed by atoms with Gasteiger partial charge in [0, 0.05) is 0 Å². The lowest BCUT2D eigenvalue weighted by Crippen LogP contribution is -2.08. The van der Waals surface area contributed by atoms with E-state index in [1.165, 1.54) is 0 Å². The van der Waals surface area contributed by atoms with Crippen molar-refractivity contribution in [1.29, 1.82) is 0 Å². The van der Waals surface area contributed by atoms with Gasteiger partial charge in [0.25, 0.3) is 0 Å². The molecule has 0 spiro atoms. The van der Waals surface area contributed by atoms with Crippen LogP contribution in [0.15, 0.2) is 17.3 Å². The predicted octanol–water partition coefficient (Wildman–Crippen LogP) is 2.92. The molecule has 0 amide bonds. The van der Waals surface area contributed by atoms with Crippen LogP contribution in [-0.2, 0) is 6.18 Å². The maximum absolute atomic E-state index is 12.8. The first kappa shape index (κ1) is 12.6. The Morgan fingerprint density at radius 1 is 1.31 bits per heavy atom. The average Bonchev–Trinajstić information content (AvgIpc) is 2.18. The highest BCUT2D eigenvalue weighted by molar-refractivity contribution is 6.69. The van der Waals surface area contributed by atoms with E-state index in [1.807, 2.05) is 0 Å². The first-order valence-electron chi connectivity index (χ1n) is 3.75. The maximum atomic E-state index is 12.8. The molecule has 0 heterocycles. The van der Waals surface area contributed by atoms with E-state index < -0.39 is 34.0 Å². The number of oxime groups is 1. The summed E-state index contributed by atoms with van der Waals surface area (Å²) in [6, 6.07) is 0.632. The minimum absolute atomic E-state index is 0.111. The second kappa shape index (κ2) is 4.17. The molecule has 3 nitrogen and oxygen atoms in total. The monoisotopic (exact) mass is 257 g/mol. The standard InChI is InChI=1S/C8H4ClF4NO2/c9-7(14-16)4-1-3(10)2-5(6(4)15)8(11,12)13/h1-2,15-16H/b14-7+. The number of alkyl halides is 3. The Bertz CT molecular complexity index is 444. The summed E-state index contributed by atoms with van der Waals surface area (Å²) >= 11 is 5.20. The molecule has 88 valence electrons. The zero-order valence-electron chi connectivity index (χ0n) is 7.39. The Labute approximate surface area is 91.6 Å². The Morgan fingerprint density at radius 3 is 2.31 bits per heavy atom. The second-order valence-corrected chi connectivity index (χ2v) is 3.10. The lowest BCUT2D eigenvalue weighted by molar-refractivity contribution is -0.139. The van der Waals surface area contributed by atoms with Gasteiger partial charge in [-0.25, -0.2) is 4.39 Å². The third-order valence-corrected chi connectivity index (χ3v) is 1.97. The van der Waals surface area contributed by atoms with Crippen LogP contribution in [0.2, 0.25) is 0 Å². The van der Waals surface area contributed by atoms with E-state index in [0.717, 1.165) is 0 Å². The van der Waals surface area contributed by atoms with Crippen LogP contribution in [-0.4, -0.2) is 15.5 Å². The molecule has 0 bridgehead atoms. The third kappa shape index (κ3) is 2.35. The Hall–Kier alpha value is -1.50. The molecule has 1 aromatic rings. The SMILES string of the molecule is O/N=C(/Cl)c1cc(F)cc(C(F)(F)F)c1O. The molecular weight excluding hydrogens is 254 g/mol. The van der Waals surface area contributed by atoms with E-state index in [2.05, 4.69) is 5.16 Å². The molecule has 1 rings (SSSR count). The van der Waals surface area contributed by atoms with E-state index >= 15 is 0 Å². The fourth-order valence-corrected chi connectivity index (χ4v) is 1.17. The number of halogens is 5. The summed E-state index contributed by atoms with van der Waals surface area (Å²) in [5.41, 5.74) is -2.33. The number of phenols is 1. The molecule has 0 radical (unpaired) electrons. The average molecular weight is 258 g/mol. The van der Waals surface area contributed by atoms with Gasteiger partial charge in [0.1, 0.15) is 17.1 Å². The van der Waals surface area contributed by atoms with Crippen LogP contribution in [0.3, 0.4) is 0 Å². The van der Waals surface area contributed by atoms with Crippen LogP contribution < -0.4 is 0 Å². The Morgan fingerprint density at radius 2 is 1.88 bits per heavy atom. The van der Waals surface area contributed by atoms with Crippen molar-refractivity contribution in [3.63, 3.8) is 0 Å². The van der Waals surface area contributed by atoms with Crippen LogP contribution in [0, 0.1) is 5.82 Å². The number of hydrogen-bond donors (Lipinski definition) is 2. The van der Waals surface area contributed by atoms with Gasteiger partial charge in [0.15, 0.2) is 5.17 Å². The molecule has 0 aromatic heterocycles. The van der Waals surface area contributed by atoms with Crippen molar-refractivity contribution in [2.24, 2.45) is 5.16 Å². The minimum atomic E-state index is -4.94. The molecule has 1 aromatic carbocycles. The highest BCUT2D eigenvalue weighted by Gasteiger charge is 2.36. The van der Waals surface area contributed by atoms with Crippen molar-refractivity contribution < 1.29 is 27.9 Å². The van der Waals surface area contributed by atoms with Crippen LogP contribution in [0.1, 0.15) is 11.1 Å². The van der Waals surface area contributed by atoms with E-state index in [-0.39, 0.29) is 6.07 Å². The van der Waals surface area contributed by atoms with Gasteiger partial charge in [0.2, 0.25) is 0 Å². The highest BCUT2D eigenvalue weighted by Crippen LogP contribution is 2.38. The van der Waals surface area contributed by atoms with E-state index in [4.69, 9.17) is 16.8 Å². The summed E-state index contributed by atoms with van der Waals surface area (Å²) in [7, 11) is 0. The van der Waals surface area contributed by atoms with E-state index in [1.54, 1.807) is 0 Å². The zero-order valence-corrected chi connectivity index (χ0v) is 8.14. The van der Waals surface area contributed by atoms with Gasteiger partial charge in [-0.1, -0.05) is 16.8 Å². The topological polar surface area (TPSA) is 52.8 Å². The summed E-state index contributed by atoms with van der Waals surface area (Å²) in [5, 5.41) is 19.0. The quantitative estimate of drug-likeness (QED) is 0.352. The molecular formula is C8H4ClF4NO2. The smallest absolute Gasteiger partial charge is 0.420 e. The molecule has 0 saturated carbocycles. The van der Waals surface area contributed by atoms with Gasteiger partial charge in [-0.05, 0) is 12.1 Å². The molecule has 0 fully saturated rings. The van der Waals surface area contributed by atoms with Crippen molar-refractivity contribution in [3.8, 4) is 5.75 Å². The van der Waals surface area contributed by atoms with Gasteiger partial charge in [-0.15, -0.1) is 0 Å². The van der Waals surface area contributed by atoms with Gasteiger partial charge >= 0.3 is 6.18 Å². The van der Waals surface area contributed by atoms with E-state index in [9.17, 15) is 22.7 Å². The van der Waals surface area contributed by atoms with Crippen molar-refractivity contribution in [2.45, 2.75) is 6.18 Å². The van der Waals surface area contributed by atoms with Crippen LogP contribution >= 0.6 is 11.6 Å². The van der Waals surface area contributed by atoms with Gasteiger partial charge in [-0.2, -0.15) is 13.2 Å². The number of phenolic OH excluding ortho intramolecular Hbond substituents is 1. The van der Waals surface area contributed by atoms with Gasteiger partial charge < -0.3 is 10.3 Å². The molecule has 0 aliphatic heterocycles. The fourth-order valence-electron chi connectivity index (χ4n) is 1.03. The molecule has 2 N–H and O–H groups in total. The lowest BCUT2D eigenvalue weighted by atomic mass is 10.1.